The maximum Gasteiger partial charge on any atom is 0.176 e. The number of hydrogen-bond donors (Lipinski definition) is 1. The highest BCUT2D eigenvalue weighted by Crippen LogP contribution is 2.43. The molecule has 0 bridgehead atoms. The van der Waals surface area contributed by atoms with E-state index in [1.54, 1.807) is 0 Å². The molecule has 2 heteroatoms. The van der Waals surface area contributed by atoms with Crippen molar-refractivity contribution in [2.45, 2.75) is 45.4 Å². The first-order chi connectivity index (χ1) is 9.02. The van der Waals surface area contributed by atoms with Crippen molar-refractivity contribution in [3.05, 3.63) is 35.4 Å². The molecule has 0 saturated heterocycles. The summed E-state index contributed by atoms with van der Waals surface area (Å²) >= 11 is 0. The molecule has 0 amide bonds. The minimum absolute atomic E-state index is 0.180. The molecule has 0 radical (unpaired) electrons. The summed E-state index contributed by atoms with van der Waals surface area (Å²) in [5.41, 5.74) is 2.62. The fraction of sp³-hybridized carbons (Fsp3) is 0.588. The Morgan fingerprint density at radius 1 is 1.42 bits per heavy atom. The molecule has 2 nitrogen and oxygen atoms in total. The Labute approximate surface area is 116 Å². The predicted molar refractivity (Wildman–Crippen MR) is 79.7 cm³/mol. The van der Waals surface area contributed by atoms with Crippen molar-refractivity contribution in [2.24, 2.45) is 5.41 Å². The molecule has 1 aliphatic carbocycles. The van der Waals surface area contributed by atoms with Crippen LogP contribution in [0.25, 0.3) is 0 Å². The second-order valence-corrected chi connectivity index (χ2v) is 6.54. The molecule has 1 aromatic carbocycles. The van der Waals surface area contributed by atoms with Gasteiger partial charge >= 0.3 is 0 Å². The molecule has 1 aromatic rings. The van der Waals surface area contributed by atoms with Crippen LogP contribution in [0.1, 0.15) is 61.4 Å². The summed E-state index contributed by atoms with van der Waals surface area (Å²) in [6.45, 7) is 5.13. The van der Waals surface area contributed by atoms with Gasteiger partial charge in [0.2, 0.25) is 0 Å². The van der Waals surface area contributed by atoms with Crippen LogP contribution in [0.2, 0.25) is 0 Å². The Balaban J connectivity index is 2.16. The van der Waals surface area contributed by atoms with E-state index in [9.17, 15) is 4.79 Å². The number of benzene rings is 1. The standard InChI is InChI=1S/C17H25NO/c1-17(2)9-5-8-15(11-17)13-6-4-7-14(10-13)16(19)12-18-3/h4,6-7,10,15,18H,5,8-9,11-12H2,1-3H3. The molecule has 0 aromatic heterocycles. The van der Waals surface area contributed by atoms with Crippen LogP contribution in [0.15, 0.2) is 24.3 Å². The molecular weight excluding hydrogens is 234 g/mol. The van der Waals surface area contributed by atoms with Gasteiger partial charge in [0.05, 0.1) is 6.54 Å². The minimum Gasteiger partial charge on any atom is -0.313 e. The van der Waals surface area contributed by atoms with E-state index in [4.69, 9.17) is 0 Å². The number of Topliss-reactive ketones (excluding diaryl/α,β-unsaturated/α-hetero) is 1. The first-order valence-corrected chi connectivity index (χ1v) is 7.29. The Bertz CT molecular complexity index is 450. The number of likely N-dealkylation sites (N-methyl/N-ethyl adjacent to an activating group) is 1. The van der Waals surface area contributed by atoms with Gasteiger partial charge in [-0.15, -0.1) is 0 Å². The van der Waals surface area contributed by atoms with Crippen molar-refractivity contribution in [3.63, 3.8) is 0 Å². The highest BCUT2D eigenvalue weighted by Gasteiger charge is 2.28. The maximum atomic E-state index is 11.9. The van der Waals surface area contributed by atoms with Crippen molar-refractivity contribution >= 4 is 5.78 Å². The summed E-state index contributed by atoms with van der Waals surface area (Å²) in [6, 6.07) is 8.24. The van der Waals surface area contributed by atoms with Crippen molar-refractivity contribution in [3.8, 4) is 0 Å². The van der Waals surface area contributed by atoms with Crippen LogP contribution in [0, 0.1) is 5.41 Å². The van der Waals surface area contributed by atoms with E-state index in [0.717, 1.165) is 5.56 Å². The smallest absolute Gasteiger partial charge is 0.176 e. The van der Waals surface area contributed by atoms with Gasteiger partial charge in [0.25, 0.3) is 0 Å². The molecule has 1 unspecified atom stereocenters. The van der Waals surface area contributed by atoms with Crippen molar-refractivity contribution in [1.29, 1.82) is 0 Å². The molecule has 1 N–H and O–H groups in total. The summed E-state index contributed by atoms with van der Waals surface area (Å²) in [4.78, 5) is 11.9. The summed E-state index contributed by atoms with van der Waals surface area (Å²) in [5.74, 6) is 0.797. The van der Waals surface area contributed by atoms with E-state index >= 15 is 0 Å². The van der Waals surface area contributed by atoms with E-state index in [0.29, 0.717) is 17.9 Å². The average Bonchev–Trinajstić information content (AvgIpc) is 2.38. The lowest BCUT2D eigenvalue weighted by Crippen LogP contribution is -2.22. The fourth-order valence-electron chi connectivity index (χ4n) is 3.21. The largest absolute Gasteiger partial charge is 0.313 e. The molecule has 19 heavy (non-hydrogen) atoms. The quantitative estimate of drug-likeness (QED) is 0.834. The van der Waals surface area contributed by atoms with Gasteiger partial charge in [0.1, 0.15) is 0 Å². The fourth-order valence-corrected chi connectivity index (χ4v) is 3.21. The Hall–Kier alpha value is -1.15. The van der Waals surface area contributed by atoms with Gasteiger partial charge in [-0.25, -0.2) is 0 Å². The first kappa shape index (κ1) is 14.3. The molecule has 1 saturated carbocycles. The van der Waals surface area contributed by atoms with Crippen LogP contribution in [0.4, 0.5) is 0 Å². The third-order valence-corrected chi connectivity index (χ3v) is 4.22. The van der Waals surface area contributed by atoms with Crippen LogP contribution in [-0.4, -0.2) is 19.4 Å². The predicted octanol–water partition coefficient (Wildman–Crippen LogP) is 3.77. The Morgan fingerprint density at radius 3 is 2.89 bits per heavy atom. The van der Waals surface area contributed by atoms with Crippen LogP contribution >= 0.6 is 0 Å². The van der Waals surface area contributed by atoms with E-state index in [-0.39, 0.29) is 5.78 Å². The molecule has 1 fully saturated rings. The monoisotopic (exact) mass is 259 g/mol. The Kier molecular flexibility index (Phi) is 4.41. The summed E-state index contributed by atoms with van der Waals surface area (Å²) in [7, 11) is 1.81. The van der Waals surface area contributed by atoms with Gasteiger partial charge in [-0.1, -0.05) is 38.5 Å². The topological polar surface area (TPSA) is 29.1 Å². The second kappa shape index (κ2) is 5.87. The highest BCUT2D eigenvalue weighted by atomic mass is 16.1. The van der Waals surface area contributed by atoms with Gasteiger partial charge in [-0.05, 0) is 49.3 Å². The number of nitrogens with one attached hydrogen (secondary N) is 1. The minimum atomic E-state index is 0.180. The highest BCUT2D eigenvalue weighted by molar-refractivity contribution is 5.97. The number of carbonyl (C=O) groups excluding carboxylic acids is 1. The van der Waals surface area contributed by atoms with Gasteiger partial charge in [0, 0.05) is 5.56 Å². The van der Waals surface area contributed by atoms with Crippen LogP contribution in [0.5, 0.6) is 0 Å². The molecule has 1 atom stereocenters. The van der Waals surface area contributed by atoms with Gasteiger partial charge in [-0.2, -0.15) is 0 Å². The molecule has 0 spiro atoms. The van der Waals surface area contributed by atoms with Gasteiger partial charge < -0.3 is 5.32 Å². The lowest BCUT2D eigenvalue weighted by Gasteiger charge is -2.35. The van der Waals surface area contributed by atoms with E-state index in [1.165, 1.54) is 31.2 Å². The van der Waals surface area contributed by atoms with Crippen LogP contribution < -0.4 is 5.32 Å². The summed E-state index contributed by atoms with van der Waals surface area (Å²) in [5, 5.41) is 2.93. The van der Waals surface area contributed by atoms with Crippen LogP contribution in [0.3, 0.4) is 0 Å². The lowest BCUT2D eigenvalue weighted by atomic mass is 9.70. The molecule has 2 rings (SSSR count). The van der Waals surface area contributed by atoms with Crippen LogP contribution in [-0.2, 0) is 0 Å². The zero-order chi connectivity index (χ0) is 13.9. The number of ketones is 1. The third kappa shape index (κ3) is 3.66. The molecule has 0 heterocycles. The summed E-state index contributed by atoms with van der Waals surface area (Å²) < 4.78 is 0. The zero-order valence-corrected chi connectivity index (χ0v) is 12.3. The van der Waals surface area contributed by atoms with E-state index in [1.807, 2.05) is 19.2 Å². The molecular formula is C17H25NO. The number of hydrogen-bond acceptors (Lipinski definition) is 2. The number of rotatable bonds is 4. The van der Waals surface area contributed by atoms with Crippen molar-refractivity contribution in [1.82, 2.24) is 5.32 Å². The first-order valence-electron chi connectivity index (χ1n) is 7.29. The lowest BCUT2D eigenvalue weighted by molar-refractivity contribution is 0.0993. The van der Waals surface area contributed by atoms with E-state index in [2.05, 4.69) is 31.3 Å². The van der Waals surface area contributed by atoms with Gasteiger partial charge in [-0.3, -0.25) is 4.79 Å². The molecule has 104 valence electrons. The second-order valence-electron chi connectivity index (χ2n) is 6.54. The van der Waals surface area contributed by atoms with E-state index < -0.39 is 0 Å². The normalized spacial score (nSPS) is 22.2. The average molecular weight is 259 g/mol. The maximum absolute atomic E-state index is 11.9. The molecule has 1 aliphatic rings. The Morgan fingerprint density at radius 2 is 2.21 bits per heavy atom. The van der Waals surface area contributed by atoms with Crippen molar-refractivity contribution in [2.75, 3.05) is 13.6 Å². The van der Waals surface area contributed by atoms with Crippen molar-refractivity contribution < 1.29 is 4.79 Å². The zero-order valence-electron chi connectivity index (χ0n) is 12.3. The molecule has 0 aliphatic heterocycles. The SMILES string of the molecule is CNCC(=O)c1cccc(C2CCCC(C)(C)C2)c1. The van der Waals surface area contributed by atoms with Gasteiger partial charge in [0.15, 0.2) is 5.78 Å². The summed E-state index contributed by atoms with van der Waals surface area (Å²) in [6.07, 6.45) is 5.11. The third-order valence-electron chi connectivity index (χ3n) is 4.22. The number of carbonyl (C=O) groups is 1.